The van der Waals surface area contributed by atoms with Crippen LogP contribution in [0.2, 0.25) is 0 Å². The minimum Gasteiger partial charge on any atom is -0.490 e. The van der Waals surface area contributed by atoms with Gasteiger partial charge in [-0.05, 0) is 56.2 Å². The summed E-state index contributed by atoms with van der Waals surface area (Å²) < 4.78 is 11.2. The van der Waals surface area contributed by atoms with Crippen molar-refractivity contribution in [2.24, 2.45) is 0 Å². The van der Waals surface area contributed by atoms with Gasteiger partial charge in [0.1, 0.15) is 5.75 Å². The lowest BCUT2D eigenvalue weighted by Gasteiger charge is -2.36. The van der Waals surface area contributed by atoms with Gasteiger partial charge in [0.2, 0.25) is 0 Å². The highest BCUT2D eigenvalue weighted by molar-refractivity contribution is 5.33. The molecule has 0 amide bonds. The van der Waals surface area contributed by atoms with Crippen LogP contribution < -0.4 is 4.74 Å². The molecule has 1 N–H and O–H groups in total. The summed E-state index contributed by atoms with van der Waals surface area (Å²) in [5.74, 6) is 0.891. The van der Waals surface area contributed by atoms with Crippen molar-refractivity contribution in [2.75, 3.05) is 7.11 Å². The summed E-state index contributed by atoms with van der Waals surface area (Å²) in [6.07, 6.45) is 6.37. The molecule has 1 aromatic carbocycles. The second kappa shape index (κ2) is 5.14. The summed E-state index contributed by atoms with van der Waals surface area (Å²) in [5.41, 5.74) is 0.276. The van der Waals surface area contributed by atoms with Gasteiger partial charge in [-0.3, -0.25) is 0 Å². The normalized spacial score (nSPS) is 31.2. The van der Waals surface area contributed by atoms with Gasteiger partial charge in [0.25, 0.3) is 0 Å². The first kappa shape index (κ1) is 12.9. The van der Waals surface area contributed by atoms with Crippen molar-refractivity contribution in [1.29, 1.82) is 0 Å². The van der Waals surface area contributed by atoms with E-state index in [0.29, 0.717) is 12.2 Å². The second-order valence-corrected chi connectivity index (χ2v) is 5.81. The smallest absolute Gasteiger partial charge is 0.120 e. The first-order valence-electron chi connectivity index (χ1n) is 7.22. The van der Waals surface area contributed by atoms with E-state index in [-0.39, 0.29) is 0 Å². The molecule has 0 spiro atoms. The average Bonchev–Trinajstić information content (AvgIpc) is 3.24. The molecule has 0 atom stereocenters. The molecule has 0 radical (unpaired) electrons. The van der Waals surface area contributed by atoms with Gasteiger partial charge in [-0.1, -0.05) is 12.1 Å². The quantitative estimate of drug-likeness (QED) is 0.906. The third-order valence-electron chi connectivity index (χ3n) is 4.29. The van der Waals surface area contributed by atoms with Crippen LogP contribution in [0.5, 0.6) is 5.75 Å². The van der Waals surface area contributed by atoms with E-state index in [1.807, 2.05) is 24.3 Å². The Bertz CT molecular complexity index is 431. The fraction of sp³-hybridized carbons (Fsp3) is 0.625. The van der Waals surface area contributed by atoms with Crippen molar-refractivity contribution in [1.82, 2.24) is 0 Å². The predicted octanol–water partition coefficient (Wildman–Crippen LogP) is 3.00. The van der Waals surface area contributed by atoms with Crippen LogP contribution in [0.4, 0.5) is 0 Å². The lowest BCUT2D eigenvalue weighted by atomic mass is 9.78. The first-order valence-corrected chi connectivity index (χ1v) is 7.22. The van der Waals surface area contributed by atoms with Crippen molar-refractivity contribution in [2.45, 2.75) is 56.3 Å². The van der Waals surface area contributed by atoms with Crippen molar-refractivity contribution in [3.63, 3.8) is 0 Å². The van der Waals surface area contributed by atoms with E-state index in [0.717, 1.165) is 49.8 Å². The van der Waals surface area contributed by atoms with E-state index in [9.17, 15) is 5.11 Å². The highest BCUT2D eigenvalue weighted by Gasteiger charge is 2.35. The maximum absolute atomic E-state index is 10.8. The van der Waals surface area contributed by atoms with E-state index >= 15 is 0 Å². The lowest BCUT2D eigenvalue weighted by Crippen LogP contribution is -2.34. The van der Waals surface area contributed by atoms with Crippen LogP contribution in [-0.2, 0) is 10.3 Å². The van der Waals surface area contributed by atoms with Gasteiger partial charge >= 0.3 is 0 Å². The molecule has 0 heterocycles. The predicted molar refractivity (Wildman–Crippen MR) is 73.3 cm³/mol. The Morgan fingerprint density at radius 1 is 1.11 bits per heavy atom. The fourth-order valence-corrected chi connectivity index (χ4v) is 2.83. The van der Waals surface area contributed by atoms with Gasteiger partial charge in [0.05, 0.1) is 17.8 Å². The number of hydrogen-bond donors (Lipinski definition) is 1. The summed E-state index contributed by atoms with van der Waals surface area (Å²) in [6.45, 7) is 0. The molecule has 2 saturated carbocycles. The molecule has 0 unspecified atom stereocenters. The zero-order valence-electron chi connectivity index (χ0n) is 11.5. The summed E-state index contributed by atoms with van der Waals surface area (Å²) >= 11 is 0. The van der Waals surface area contributed by atoms with Gasteiger partial charge in [-0.25, -0.2) is 0 Å². The zero-order valence-corrected chi connectivity index (χ0v) is 11.5. The molecule has 2 fully saturated rings. The van der Waals surface area contributed by atoms with Crippen molar-refractivity contribution >= 4 is 0 Å². The first-order chi connectivity index (χ1) is 9.19. The number of benzene rings is 1. The molecule has 2 aliphatic carbocycles. The maximum atomic E-state index is 10.8. The fourth-order valence-electron chi connectivity index (χ4n) is 2.83. The van der Waals surface area contributed by atoms with E-state index in [2.05, 4.69) is 0 Å². The monoisotopic (exact) mass is 262 g/mol. The van der Waals surface area contributed by atoms with E-state index < -0.39 is 5.60 Å². The third kappa shape index (κ3) is 2.93. The van der Waals surface area contributed by atoms with Crippen molar-refractivity contribution in [3.05, 3.63) is 29.8 Å². The van der Waals surface area contributed by atoms with E-state index in [4.69, 9.17) is 9.47 Å². The van der Waals surface area contributed by atoms with Gasteiger partial charge in [0.15, 0.2) is 0 Å². The molecule has 3 rings (SSSR count). The number of methoxy groups -OCH3 is 1. The number of hydrogen-bond acceptors (Lipinski definition) is 3. The maximum Gasteiger partial charge on any atom is 0.120 e. The molecular weight excluding hydrogens is 240 g/mol. The van der Waals surface area contributed by atoms with E-state index in [1.54, 1.807) is 7.11 Å². The molecule has 0 bridgehead atoms. The summed E-state index contributed by atoms with van der Waals surface area (Å²) in [6, 6.07) is 7.97. The standard InChI is InChI=1S/C16H22O3/c1-18-13-7-9-16(17,10-8-13)12-3-2-4-15(11-12)19-14-5-6-14/h2-4,11,13-14,17H,5-10H2,1H3. The molecular formula is C16H22O3. The van der Waals surface area contributed by atoms with Crippen LogP contribution in [0.3, 0.4) is 0 Å². The van der Waals surface area contributed by atoms with E-state index in [1.165, 1.54) is 0 Å². The minimum absolute atomic E-state index is 0.297. The van der Waals surface area contributed by atoms with Crippen LogP contribution in [0.25, 0.3) is 0 Å². The van der Waals surface area contributed by atoms with Crippen molar-refractivity contribution in [3.8, 4) is 5.75 Å². The topological polar surface area (TPSA) is 38.7 Å². The SMILES string of the molecule is COC1CCC(O)(c2cccc(OC3CC3)c2)CC1. The zero-order chi connectivity index (χ0) is 13.3. The Kier molecular flexibility index (Phi) is 3.50. The van der Waals surface area contributed by atoms with Crippen LogP contribution in [0, 0.1) is 0 Å². The van der Waals surface area contributed by atoms with Crippen LogP contribution in [-0.4, -0.2) is 24.4 Å². The molecule has 1 aromatic rings. The second-order valence-electron chi connectivity index (χ2n) is 5.81. The van der Waals surface area contributed by atoms with Crippen LogP contribution >= 0.6 is 0 Å². The number of ether oxygens (including phenoxy) is 2. The highest BCUT2D eigenvalue weighted by atomic mass is 16.5. The Labute approximate surface area is 114 Å². The third-order valence-corrected chi connectivity index (χ3v) is 4.29. The molecule has 3 heteroatoms. The number of aliphatic hydroxyl groups is 1. The Balaban J connectivity index is 1.73. The van der Waals surface area contributed by atoms with Gasteiger partial charge < -0.3 is 14.6 Å². The number of rotatable bonds is 4. The van der Waals surface area contributed by atoms with Gasteiger partial charge in [-0.15, -0.1) is 0 Å². The van der Waals surface area contributed by atoms with Crippen molar-refractivity contribution < 1.29 is 14.6 Å². The largest absolute Gasteiger partial charge is 0.490 e. The summed E-state index contributed by atoms with van der Waals surface area (Å²) in [4.78, 5) is 0. The summed E-state index contributed by atoms with van der Waals surface area (Å²) in [5, 5.41) is 10.8. The van der Waals surface area contributed by atoms with Gasteiger partial charge in [0, 0.05) is 7.11 Å². The lowest BCUT2D eigenvalue weighted by molar-refractivity contribution is -0.0475. The molecule has 0 saturated heterocycles. The minimum atomic E-state index is -0.710. The Morgan fingerprint density at radius 3 is 2.47 bits per heavy atom. The summed E-state index contributed by atoms with van der Waals surface area (Å²) in [7, 11) is 1.75. The molecule has 2 aliphatic rings. The highest BCUT2D eigenvalue weighted by Crippen LogP contribution is 2.39. The van der Waals surface area contributed by atoms with Crippen LogP contribution in [0.1, 0.15) is 44.1 Å². The molecule has 19 heavy (non-hydrogen) atoms. The Hall–Kier alpha value is -1.06. The Morgan fingerprint density at radius 2 is 1.84 bits per heavy atom. The van der Waals surface area contributed by atoms with Crippen LogP contribution in [0.15, 0.2) is 24.3 Å². The molecule has 3 nitrogen and oxygen atoms in total. The molecule has 0 aromatic heterocycles. The molecule has 0 aliphatic heterocycles. The molecule has 104 valence electrons. The van der Waals surface area contributed by atoms with Gasteiger partial charge in [-0.2, -0.15) is 0 Å². The average molecular weight is 262 g/mol.